The zero-order valence-corrected chi connectivity index (χ0v) is 21.8. The fourth-order valence-corrected chi connectivity index (χ4v) is 2.61. The predicted molar refractivity (Wildman–Crippen MR) is 135 cm³/mol. The second kappa shape index (κ2) is 18.1. The van der Waals surface area contributed by atoms with Crippen LogP contribution in [0.3, 0.4) is 0 Å². The molecule has 6 nitrogen and oxygen atoms in total. The molecule has 0 heterocycles. The molecule has 0 saturated carbocycles. The van der Waals surface area contributed by atoms with Crippen LogP contribution >= 0.6 is 0 Å². The Hall–Kier alpha value is -4.19. The van der Waals surface area contributed by atoms with Crippen LogP contribution in [-0.2, 0) is 31.5 Å². The molecule has 1 radical (unpaired) electrons. The van der Waals surface area contributed by atoms with E-state index in [1.54, 1.807) is 72.8 Å². The number of hydrogen-bond donors (Lipinski definition) is 0. The minimum atomic E-state index is -0.233. The molecule has 0 aliphatic rings. The van der Waals surface area contributed by atoms with Crippen molar-refractivity contribution in [1.82, 2.24) is 0 Å². The van der Waals surface area contributed by atoms with E-state index < -0.39 is 0 Å². The van der Waals surface area contributed by atoms with Gasteiger partial charge in [0.25, 0.3) is 0 Å². The number of allylic oxidation sites excluding steroid dienone is 3. The van der Waals surface area contributed by atoms with Gasteiger partial charge in [-0.3, -0.25) is 14.4 Å². The van der Waals surface area contributed by atoms with Crippen LogP contribution in [0.25, 0.3) is 17.3 Å². The van der Waals surface area contributed by atoms with Gasteiger partial charge in [-0.05, 0) is 55.7 Å². The molecular weight excluding hydrogens is 512 g/mol. The van der Waals surface area contributed by atoms with E-state index in [0.29, 0.717) is 16.7 Å². The van der Waals surface area contributed by atoms with Crippen molar-refractivity contribution in [3.8, 4) is 0 Å². The minimum absolute atomic E-state index is 0. The Morgan fingerprint density at radius 3 is 0.811 bits per heavy atom. The number of ketones is 3. The molecule has 0 amide bonds. The van der Waals surface area contributed by atoms with Gasteiger partial charge >= 0.3 is 17.1 Å². The third-order valence-corrected chi connectivity index (χ3v) is 4.18. The van der Waals surface area contributed by atoms with Gasteiger partial charge in [0.1, 0.15) is 0 Å². The standard InChI is InChI=1S/3C10H10O2.Fe/c3*1-8(11)7-10(12)9-5-3-2-4-6-9;/h3*2-7,12H,1H3;/q;;;+3/p-3/b3*10-7-;. The molecule has 0 unspecified atom stereocenters. The summed E-state index contributed by atoms with van der Waals surface area (Å²) in [5.41, 5.74) is 1.65. The van der Waals surface area contributed by atoms with E-state index >= 15 is 0 Å². The SMILES string of the molecule is CC(=O)/C=C(\[O-])c1ccccc1.CC(=O)/C=C(\[O-])c1ccccc1.CC(=O)/C=C(\[O-])c1ccccc1.[Fe+3]. The summed E-state index contributed by atoms with van der Waals surface area (Å²) in [4.78, 5) is 31.7. The zero-order chi connectivity index (χ0) is 26.9. The summed E-state index contributed by atoms with van der Waals surface area (Å²) in [6.07, 6.45) is 3.28. The molecule has 0 atom stereocenters. The molecule has 37 heavy (non-hydrogen) atoms. The second-order valence-corrected chi connectivity index (χ2v) is 7.46. The van der Waals surface area contributed by atoms with Gasteiger partial charge in [-0.2, -0.15) is 0 Å². The molecule has 3 aromatic carbocycles. The van der Waals surface area contributed by atoms with Gasteiger partial charge in [-0.1, -0.05) is 108 Å². The topological polar surface area (TPSA) is 120 Å². The number of benzene rings is 3. The van der Waals surface area contributed by atoms with Gasteiger partial charge in [0.15, 0.2) is 17.3 Å². The van der Waals surface area contributed by atoms with Crippen molar-refractivity contribution in [3.05, 3.63) is 126 Å². The van der Waals surface area contributed by atoms with Gasteiger partial charge in [0.05, 0.1) is 0 Å². The first-order valence-corrected chi connectivity index (χ1v) is 10.9. The summed E-state index contributed by atoms with van der Waals surface area (Å²) in [6.45, 7) is 4.09. The van der Waals surface area contributed by atoms with Crippen LogP contribution in [0.2, 0.25) is 0 Å². The first-order chi connectivity index (χ1) is 17.1. The smallest absolute Gasteiger partial charge is 0.872 e. The molecule has 3 aromatic rings. The summed E-state index contributed by atoms with van der Waals surface area (Å²) in [5, 5.41) is 33.5. The minimum Gasteiger partial charge on any atom is -0.872 e. The summed E-state index contributed by atoms with van der Waals surface area (Å²) in [6, 6.07) is 26.2. The van der Waals surface area contributed by atoms with Gasteiger partial charge in [-0.15, -0.1) is 0 Å². The fourth-order valence-electron chi connectivity index (χ4n) is 2.61. The van der Waals surface area contributed by atoms with Crippen LogP contribution in [0.5, 0.6) is 0 Å². The maximum atomic E-state index is 11.2. The summed E-state index contributed by atoms with van der Waals surface area (Å²) in [7, 11) is 0. The van der Waals surface area contributed by atoms with Crippen LogP contribution in [0.4, 0.5) is 0 Å². The molecule has 3 rings (SSSR count). The first-order valence-electron chi connectivity index (χ1n) is 10.9. The number of carbonyl (C=O) groups excluding carboxylic acids is 3. The van der Waals surface area contributed by atoms with Crippen molar-refractivity contribution in [2.45, 2.75) is 20.8 Å². The van der Waals surface area contributed by atoms with Gasteiger partial charge in [0, 0.05) is 0 Å². The van der Waals surface area contributed by atoms with Crippen LogP contribution in [0.15, 0.2) is 109 Å². The Morgan fingerprint density at radius 1 is 0.459 bits per heavy atom. The number of rotatable bonds is 6. The molecular formula is C30H27FeO6. The quantitative estimate of drug-likeness (QED) is 0.270. The molecule has 0 bridgehead atoms. The van der Waals surface area contributed by atoms with Crippen molar-refractivity contribution < 1.29 is 46.8 Å². The van der Waals surface area contributed by atoms with E-state index in [0.717, 1.165) is 18.2 Å². The van der Waals surface area contributed by atoms with Gasteiger partial charge in [0.2, 0.25) is 0 Å². The van der Waals surface area contributed by atoms with E-state index in [1.165, 1.54) is 20.8 Å². The molecule has 0 N–H and O–H groups in total. The van der Waals surface area contributed by atoms with Crippen LogP contribution < -0.4 is 15.3 Å². The van der Waals surface area contributed by atoms with Crippen molar-refractivity contribution in [3.63, 3.8) is 0 Å². The third-order valence-electron chi connectivity index (χ3n) is 4.18. The molecule has 0 aliphatic heterocycles. The molecule has 0 aliphatic carbocycles. The van der Waals surface area contributed by atoms with Crippen molar-refractivity contribution in [2.24, 2.45) is 0 Å². The largest absolute Gasteiger partial charge is 3.00 e. The summed E-state index contributed by atoms with van der Waals surface area (Å²) in [5.74, 6) is -1.36. The maximum absolute atomic E-state index is 11.2. The van der Waals surface area contributed by atoms with E-state index in [1.807, 2.05) is 18.2 Å². The Balaban J connectivity index is 0.000000518. The first kappa shape index (κ1) is 32.8. The average molecular weight is 539 g/mol. The van der Waals surface area contributed by atoms with E-state index in [2.05, 4.69) is 0 Å². The van der Waals surface area contributed by atoms with Crippen molar-refractivity contribution in [2.75, 3.05) is 0 Å². The van der Waals surface area contributed by atoms with Crippen LogP contribution in [0.1, 0.15) is 37.5 Å². The molecule has 0 spiro atoms. The van der Waals surface area contributed by atoms with Crippen LogP contribution in [0, 0.1) is 0 Å². The number of hydrogen-bond acceptors (Lipinski definition) is 6. The normalized spacial score (nSPS) is 10.9. The summed E-state index contributed by atoms with van der Waals surface area (Å²) < 4.78 is 0. The zero-order valence-electron chi connectivity index (χ0n) is 20.7. The van der Waals surface area contributed by atoms with E-state index in [-0.39, 0.29) is 51.7 Å². The fraction of sp³-hybridized carbons (Fsp3) is 0.100. The van der Waals surface area contributed by atoms with E-state index in [4.69, 9.17) is 0 Å². The molecule has 7 heteroatoms. The molecule has 0 aromatic heterocycles. The summed E-state index contributed by atoms with van der Waals surface area (Å²) >= 11 is 0. The van der Waals surface area contributed by atoms with Crippen molar-refractivity contribution >= 4 is 34.6 Å². The molecule has 0 saturated heterocycles. The van der Waals surface area contributed by atoms with Crippen molar-refractivity contribution in [1.29, 1.82) is 0 Å². The molecule has 191 valence electrons. The monoisotopic (exact) mass is 539 g/mol. The van der Waals surface area contributed by atoms with Crippen LogP contribution in [-0.4, -0.2) is 17.3 Å². The number of carbonyl (C=O) groups is 3. The Bertz CT molecular complexity index is 1060. The maximum Gasteiger partial charge on any atom is 3.00 e. The second-order valence-electron chi connectivity index (χ2n) is 7.46. The van der Waals surface area contributed by atoms with Gasteiger partial charge < -0.3 is 15.3 Å². The average Bonchev–Trinajstić information content (AvgIpc) is 2.85. The Kier molecular flexibility index (Phi) is 16.1. The predicted octanol–water partition coefficient (Wildman–Crippen LogP) is 2.93. The van der Waals surface area contributed by atoms with Gasteiger partial charge in [-0.25, -0.2) is 0 Å². The third kappa shape index (κ3) is 14.7. The van der Waals surface area contributed by atoms with E-state index in [9.17, 15) is 29.7 Å². The Labute approximate surface area is 227 Å². The Morgan fingerprint density at radius 2 is 0.649 bits per heavy atom. The molecule has 0 fully saturated rings.